The van der Waals surface area contributed by atoms with Crippen LogP contribution < -0.4 is 5.32 Å². The standard InChI is InChI=1S/C9H15N3O/c1-8(13)11-9-3-2-5-12(7-9)6-4-10/h9H,2-3,5-7H2,1H3,(H,11,13). The highest BCUT2D eigenvalue weighted by Gasteiger charge is 2.19. The minimum Gasteiger partial charge on any atom is -0.352 e. The second-order valence-corrected chi connectivity index (χ2v) is 3.43. The fourth-order valence-electron chi connectivity index (χ4n) is 1.70. The number of carbonyl (C=O) groups is 1. The Balaban J connectivity index is 2.33. The summed E-state index contributed by atoms with van der Waals surface area (Å²) in [5.74, 6) is 0.0174. The lowest BCUT2D eigenvalue weighted by atomic mass is 10.1. The van der Waals surface area contributed by atoms with E-state index < -0.39 is 0 Å². The summed E-state index contributed by atoms with van der Waals surface area (Å²) in [5, 5.41) is 11.4. The van der Waals surface area contributed by atoms with Crippen molar-refractivity contribution >= 4 is 5.91 Å². The number of nitriles is 1. The number of carbonyl (C=O) groups excluding carboxylic acids is 1. The van der Waals surface area contributed by atoms with Crippen LogP contribution in [0.15, 0.2) is 0 Å². The first-order chi connectivity index (χ1) is 6.22. The van der Waals surface area contributed by atoms with Gasteiger partial charge in [-0.3, -0.25) is 9.69 Å². The van der Waals surface area contributed by atoms with Crippen LogP contribution in [0.25, 0.3) is 0 Å². The molecule has 1 unspecified atom stereocenters. The second-order valence-electron chi connectivity index (χ2n) is 3.43. The van der Waals surface area contributed by atoms with Crippen molar-refractivity contribution < 1.29 is 4.79 Å². The summed E-state index contributed by atoms with van der Waals surface area (Å²) < 4.78 is 0. The molecule has 1 aliphatic rings. The molecular formula is C9H15N3O. The van der Waals surface area contributed by atoms with E-state index in [1.165, 1.54) is 6.92 Å². The van der Waals surface area contributed by atoms with Gasteiger partial charge in [0.25, 0.3) is 0 Å². The summed E-state index contributed by atoms with van der Waals surface area (Å²) in [6.45, 7) is 3.79. The summed E-state index contributed by atoms with van der Waals surface area (Å²) in [4.78, 5) is 12.9. The van der Waals surface area contributed by atoms with Crippen LogP contribution in [0.1, 0.15) is 19.8 Å². The average molecular weight is 181 g/mol. The molecule has 4 heteroatoms. The molecular weight excluding hydrogens is 166 g/mol. The van der Waals surface area contributed by atoms with Gasteiger partial charge < -0.3 is 5.32 Å². The Hall–Kier alpha value is -1.08. The molecule has 0 aromatic rings. The van der Waals surface area contributed by atoms with Crippen molar-refractivity contribution in [1.82, 2.24) is 10.2 Å². The predicted molar refractivity (Wildman–Crippen MR) is 48.9 cm³/mol. The maximum absolute atomic E-state index is 10.8. The van der Waals surface area contributed by atoms with E-state index in [2.05, 4.69) is 16.3 Å². The van der Waals surface area contributed by atoms with E-state index in [9.17, 15) is 4.79 Å². The van der Waals surface area contributed by atoms with Crippen molar-refractivity contribution in [2.24, 2.45) is 0 Å². The number of hydrogen-bond acceptors (Lipinski definition) is 3. The molecule has 1 N–H and O–H groups in total. The topological polar surface area (TPSA) is 56.1 Å². The molecule has 4 nitrogen and oxygen atoms in total. The SMILES string of the molecule is CC(=O)NC1CCCN(CC#N)C1. The molecule has 0 spiro atoms. The molecule has 1 rings (SSSR count). The van der Waals surface area contributed by atoms with Crippen LogP contribution in [0.5, 0.6) is 0 Å². The minimum absolute atomic E-state index is 0.0174. The Morgan fingerprint density at radius 3 is 3.15 bits per heavy atom. The highest BCUT2D eigenvalue weighted by atomic mass is 16.1. The normalized spacial score (nSPS) is 23.5. The number of amides is 1. The van der Waals surface area contributed by atoms with Gasteiger partial charge >= 0.3 is 0 Å². The zero-order valence-electron chi connectivity index (χ0n) is 7.92. The summed E-state index contributed by atoms with van der Waals surface area (Å²) in [6.07, 6.45) is 2.09. The summed E-state index contributed by atoms with van der Waals surface area (Å²) in [6, 6.07) is 2.36. The number of hydrogen-bond donors (Lipinski definition) is 1. The summed E-state index contributed by atoms with van der Waals surface area (Å²) >= 11 is 0. The van der Waals surface area contributed by atoms with Crippen molar-refractivity contribution in [3.8, 4) is 6.07 Å². The molecule has 1 atom stereocenters. The zero-order chi connectivity index (χ0) is 9.68. The monoisotopic (exact) mass is 181 g/mol. The van der Waals surface area contributed by atoms with Gasteiger partial charge in [-0.05, 0) is 19.4 Å². The third-order valence-corrected chi connectivity index (χ3v) is 2.21. The Morgan fingerprint density at radius 1 is 1.77 bits per heavy atom. The van der Waals surface area contributed by atoms with Crippen LogP contribution in [-0.2, 0) is 4.79 Å². The van der Waals surface area contributed by atoms with E-state index in [0.717, 1.165) is 25.9 Å². The van der Waals surface area contributed by atoms with Gasteiger partial charge in [-0.25, -0.2) is 0 Å². The van der Waals surface area contributed by atoms with E-state index in [4.69, 9.17) is 5.26 Å². The molecule has 1 saturated heterocycles. The third-order valence-electron chi connectivity index (χ3n) is 2.21. The van der Waals surface area contributed by atoms with Crippen molar-refractivity contribution in [1.29, 1.82) is 5.26 Å². The summed E-state index contributed by atoms with van der Waals surface area (Å²) in [5.41, 5.74) is 0. The molecule has 0 aliphatic carbocycles. The Kier molecular flexibility index (Phi) is 3.71. The highest BCUT2D eigenvalue weighted by molar-refractivity contribution is 5.73. The smallest absolute Gasteiger partial charge is 0.217 e. The molecule has 0 aromatic carbocycles. The Bertz CT molecular complexity index is 221. The maximum atomic E-state index is 10.8. The van der Waals surface area contributed by atoms with Gasteiger partial charge in [0.1, 0.15) is 0 Å². The van der Waals surface area contributed by atoms with Crippen LogP contribution in [0.2, 0.25) is 0 Å². The highest BCUT2D eigenvalue weighted by Crippen LogP contribution is 2.08. The van der Waals surface area contributed by atoms with Crippen LogP contribution in [0.3, 0.4) is 0 Å². The van der Waals surface area contributed by atoms with E-state index >= 15 is 0 Å². The van der Waals surface area contributed by atoms with E-state index in [0.29, 0.717) is 6.54 Å². The molecule has 1 amide bonds. The van der Waals surface area contributed by atoms with Gasteiger partial charge in [0.15, 0.2) is 0 Å². The van der Waals surface area contributed by atoms with Crippen molar-refractivity contribution in [2.75, 3.05) is 19.6 Å². The summed E-state index contributed by atoms with van der Waals surface area (Å²) in [7, 11) is 0. The lowest BCUT2D eigenvalue weighted by Crippen LogP contribution is -2.47. The lowest BCUT2D eigenvalue weighted by Gasteiger charge is -2.31. The molecule has 1 fully saturated rings. The van der Waals surface area contributed by atoms with E-state index in [-0.39, 0.29) is 11.9 Å². The predicted octanol–water partition coefficient (Wildman–Crippen LogP) is 0.110. The molecule has 0 bridgehead atoms. The van der Waals surface area contributed by atoms with Crippen LogP contribution in [0.4, 0.5) is 0 Å². The molecule has 0 saturated carbocycles. The van der Waals surface area contributed by atoms with Crippen LogP contribution in [-0.4, -0.2) is 36.5 Å². The first-order valence-corrected chi connectivity index (χ1v) is 4.59. The fraction of sp³-hybridized carbons (Fsp3) is 0.778. The largest absolute Gasteiger partial charge is 0.352 e. The van der Waals surface area contributed by atoms with Crippen LogP contribution >= 0.6 is 0 Å². The number of likely N-dealkylation sites (tertiary alicyclic amines) is 1. The van der Waals surface area contributed by atoms with Gasteiger partial charge in [-0.15, -0.1) is 0 Å². The number of nitrogens with zero attached hydrogens (tertiary/aromatic N) is 2. The number of piperidine rings is 1. The average Bonchev–Trinajstić information content (AvgIpc) is 2.04. The molecule has 0 radical (unpaired) electrons. The number of rotatable bonds is 2. The number of nitrogens with one attached hydrogen (secondary N) is 1. The lowest BCUT2D eigenvalue weighted by molar-refractivity contribution is -0.120. The van der Waals surface area contributed by atoms with Crippen molar-refractivity contribution in [3.63, 3.8) is 0 Å². The van der Waals surface area contributed by atoms with Crippen molar-refractivity contribution in [2.45, 2.75) is 25.8 Å². The molecule has 1 heterocycles. The van der Waals surface area contributed by atoms with Gasteiger partial charge in [0.05, 0.1) is 12.6 Å². The molecule has 1 aliphatic heterocycles. The van der Waals surface area contributed by atoms with E-state index in [1.54, 1.807) is 0 Å². The van der Waals surface area contributed by atoms with Gasteiger partial charge in [0.2, 0.25) is 5.91 Å². The van der Waals surface area contributed by atoms with Crippen LogP contribution in [0, 0.1) is 11.3 Å². The first-order valence-electron chi connectivity index (χ1n) is 4.59. The van der Waals surface area contributed by atoms with Gasteiger partial charge in [0, 0.05) is 19.5 Å². The second kappa shape index (κ2) is 4.83. The van der Waals surface area contributed by atoms with Gasteiger partial charge in [-0.1, -0.05) is 0 Å². The molecule has 72 valence electrons. The van der Waals surface area contributed by atoms with Crippen molar-refractivity contribution in [3.05, 3.63) is 0 Å². The maximum Gasteiger partial charge on any atom is 0.217 e. The third kappa shape index (κ3) is 3.43. The quantitative estimate of drug-likeness (QED) is 0.615. The van der Waals surface area contributed by atoms with E-state index in [1.807, 2.05) is 0 Å². The first kappa shape index (κ1) is 10.0. The molecule has 13 heavy (non-hydrogen) atoms. The zero-order valence-corrected chi connectivity index (χ0v) is 7.92. The Morgan fingerprint density at radius 2 is 2.54 bits per heavy atom. The molecule has 0 aromatic heterocycles. The Labute approximate surface area is 78.5 Å². The van der Waals surface area contributed by atoms with Gasteiger partial charge in [-0.2, -0.15) is 5.26 Å². The minimum atomic E-state index is 0.0174. The fourth-order valence-corrected chi connectivity index (χ4v) is 1.70.